The van der Waals surface area contributed by atoms with Crippen molar-refractivity contribution in [2.45, 2.75) is 19.4 Å². The first-order valence-corrected chi connectivity index (χ1v) is 5.57. The van der Waals surface area contributed by atoms with Crippen LogP contribution in [0, 0.1) is 22.9 Å². The van der Waals surface area contributed by atoms with Crippen LogP contribution in [0.2, 0.25) is 0 Å². The second-order valence-corrected chi connectivity index (χ2v) is 4.38. The van der Waals surface area contributed by atoms with E-state index in [4.69, 9.17) is 4.74 Å². The van der Waals surface area contributed by atoms with Crippen LogP contribution in [0.3, 0.4) is 0 Å². The van der Waals surface area contributed by atoms with Crippen LogP contribution in [0.1, 0.15) is 12.5 Å². The number of benzene rings is 1. The summed E-state index contributed by atoms with van der Waals surface area (Å²) in [4.78, 5) is 21.1. The van der Waals surface area contributed by atoms with Crippen molar-refractivity contribution in [3.8, 4) is 5.75 Å². The van der Waals surface area contributed by atoms with Crippen molar-refractivity contribution < 1.29 is 28.7 Å². The molecule has 0 fully saturated rings. The number of carbonyl (C=O) groups is 1. The Labute approximate surface area is 114 Å². The maximum atomic E-state index is 13.6. The number of carbonyl (C=O) groups excluding carboxylic acids is 1. The highest BCUT2D eigenvalue weighted by Crippen LogP contribution is 2.27. The van der Waals surface area contributed by atoms with E-state index in [0.717, 1.165) is 26.2 Å². The minimum absolute atomic E-state index is 0.198. The topological polar surface area (TPSA) is 98.9 Å². The van der Waals surface area contributed by atoms with Gasteiger partial charge >= 0.3 is 5.97 Å². The quantitative estimate of drug-likeness (QED) is 0.498. The summed E-state index contributed by atoms with van der Waals surface area (Å²) in [7, 11) is 1.09. The molecular formula is C12H14FNO6. The average Bonchev–Trinajstić information content (AvgIpc) is 2.37. The molecule has 1 aromatic rings. The summed E-state index contributed by atoms with van der Waals surface area (Å²) in [5, 5.41) is 20.3. The molecule has 1 aromatic carbocycles. The van der Waals surface area contributed by atoms with Crippen LogP contribution < -0.4 is 4.74 Å². The highest BCUT2D eigenvalue weighted by Gasteiger charge is 2.33. The first kappa shape index (κ1) is 15.8. The fourth-order valence-electron chi connectivity index (χ4n) is 1.45. The zero-order valence-corrected chi connectivity index (χ0v) is 11.2. The molecule has 1 unspecified atom stereocenters. The highest BCUT2D eigenvalue weighted by atomic mass is 19.1. The van der Waals surface area contributed by atoms with Crippen LogP contribution >= 0.6 is 0 Å². The first-order chi connectivity index (χ1) is 9.19. The maximum Gasteiger partial charge on any atom is 0.341 e. The molecule has 0 spiro atoms. The Morgan fingerprint density at radius 1 is 1.55 bits per heavy atom. The van der Waals surface area contributed by atoms with Gasteiger partial charge in [0.1, 0.15) is 6.61 Å². The first-order valence-electron chi connectivity index (χ1n) is 5.57. The lowest BCUT2D eigenvalue weighted by Gasteiger charge is -2.20. The van der Waals surface area contributed by atoms with Crippen molar-refractivity contribution in [1.29, 1.82) is 0 Å². The molecule has 0 aromatic heterocycles. The molecule has 8 heteroatoms. The molecule has 0 aliphatic carbocycles. The van der Waals surface area contributed by atoms with E-state index in [1.807, 2.05) is 0 Å². The van der Waals surface area contributed by atoms with Crippen LogP contribution in [0.25, 0.3) is 0 Å². The van der Waals surface area contributed by atoms with Crippen molar-refractivity contribution in [1.82, 2.24) is 0 Å². The van der Waals surface area contributed by atoms with Crippen LogP contribution in [-0.4, -0.2) is 35.3 Å². The summed E-state index contributed by atoms with van der Waals surface area (Å²) in [5.74, 6) is -2.18. The largest absolute Gasteiger partial charge is 0.487 e. The van der Waals surface area contributed by atoms with E-state index in [2.05, 4.69) is 4.74 Å². The third-order valence-electron chi connectivity index (χ3n) is 2.58. The minimum Gasteiger partial charge on any atom is -0.487 e. The Hall–Kier alpha value is -2.22. The molecule has 0 radical (unpaired) electrons. The second kappa shape index (κ2) is 5.83. The third kappa shape index (κ3) is 3.41. The molecule has 20 heavy (non-hydrogen) atoms. The summed E-state index contributed by atoms with van der Waals surface area (Å²) >= 11 is 0. The molecule has 0 aliphatic rings. The summed E-state index contributed by atoms with van der Waals surface area (Å²) in [6, 6.07) is 1.85. The lowest BCUT2D eigenvalue weighted by molar-refractivity contribution is -0.385. The van der Waals surface area contributed by atoms with E-state index in [9.17, 15) is 24.4 Å². The summed E-state index contributed by atoms with van der Waals surface area (Å²) in [6.07, 6.45) is 0. The molecule has 7 nitrogen and oxygen atoms in total. The Morgan fingerprint density at radius 2 is 2.15 bits per heavy atom. The maximum absolute atomic E-state index is 13.6. The van der Waals surface area contributed by atoms with E-state index >= 15 is 0 Å². The fourth-order valence-corrected chi connectivity index (χ4v) is 1.45. The van der Waals surface area contributed by atoms with Gasteiger partial charge in [-0.3, -0.25) is 10.1 Å². The van der Waals surface area contributed by atoms with Gasteiger partial charge in [-0.15, -0.1) is 0 Å². The van der Waals surface area contributed by atoms with Crippen molar-refractivity contribution in [2.24, 2.45) is 0 Å². The lowest BCUT2D eigenvalue weighted by Crippen LogP contribution is -2.42. The smallest absolute Gasteiger partial charge is 0.341 e. The van der Waals surface area contributed by atoms with Crippen LogP contribution in [0.4, 0.5) is 10.1 Å². The molecule has 1 N–H and O–H groups in total. The number of nitrogens with zero attached hydrogens (tertiary/aromatic N) is 1. The van der Waals surface area contributed by atoms with Gasteiger partial charge in [-0.1, -0.05) is 0 Å². The zero-order chi connectivity index (χ0) is 15.5. The van der Waals surface area contributed by atoms with E-state index in [1.54, 1.807) is 0 Å². The summed E-state index contributed by atoms with van der Waals surface area (Å²) < 4.78 is 23.0. The SMILES string of the molecule is COC(=O)C(C)(O)COc1cc(C)c([N+](=O)[O-])cc1F. The van der Waals surface area contributed by atoms with Gasteiger partial charge in [0.15, 0.2) is 17.2 Å². The number of nitro groups is 1. The number of rotatable bonds is 5. The number of methoxy groups -OCH3 is 1. The Balaban J connectivity index is 2.92. The van der Waals surface area contributed by atoms with E-state index < -0.39 is 28.9 Å². The van der Waals surface area contributed by atoms with Gasteiger partial charge in [0.05, 0.1) is 18.1 Å². The monoisotopic (exact) mass is 287 g/mol. The number of esters is 1. The minimum atomic E-state index is -1.95. The number of aliphatic hydroxyl groups is 1. The van der Waals surface area contributed by atoms with Gasteiger partial charge in [-0.05, 0) is 19.9 Å². The van der Waals surface area contributed by atoms with Crippen molar-refractivity contribution in [2.75, 3.05) is 13.7 Å². The number of hydrogen-bond acceptors (Lipinski definition) is 6. The molecule has 0 bridgehead atoms. The van der Waals surface area contributed by atoms with E-state index in [-0.39, 0.29) is 17.0 Å². The molecule has 0 heterocycles. The highest BCUT2D eigenvalue weighted by molar-refractivity contribution is 5.78. The van der Waals surface area contributed by atoms with Crippen LogP contribution in [0.5, 0.6) is 5.75 Å². The third-order valence-corrected chi connectivity index (χ3v) is 2.58. The van der Waals surface area contributed by atoms with Crippen molar-refractivity contribution in [3.63, 3.8) is 0 Å². The summed E-state index contributed by atoms with van der Waals surface area (Å²) in [6.45, 7) is 2.02. The molecule has 0 amide bonds. The Kier molecular flexibility index (Phi) is 4.61. The molecular weight excluding hydrogens is 273 g/mol. The van der Waals surface area contributed by atoms with Gasteiger partial charge in [-0.2, -0.15) is 0 Å². The Morgan fingerprint density at radius 3 is 2.65 bits per heavy atom. The van der Waals surface area contributed by atoms with Gasteiger partial charge in [0.25, 0.3) is 5.69 Å². The molecule has 1 rings (SSSR count). The van der Waals surface area contributed by atoms with Gasteiger partial charge in [0, 0.05) is 5.56 Å². The predicted octanol–water partition coefficient (Wildman–Crippen LogP) is 1.35. The van der Waals surface area contributed by atoms with E-state index in [0.29, 0.717) is 0 Å². The zero-order valence-electron chi connectivity index (χ0n) is 11.2. The molecule has 0 aliphatic heterocycles. The fraction of sp³-hybridized carbons (Fsp3) is 0.417. The van der Waals surface area contributed by atoms with Gasteiger partial charge in [0.2, 0.25) is 0 Å². The number of hydrogen-bond donors (Lipinski definition) is 1. The van der Waals surface area contributed by atoms with Crippen molar-refractivity contribution in [3.05, 3.63) is 33.6 Å². The number of nitro benzene ring substituents is 1. The normalized spacial score (nSPS) is 13.4. The average molecular weight is 287 g/mol. The second-order valence-electron chi connectivity index (χ2n) is 4.38. The molecule has 0 saturated heterocycles. The summed E-state index contributed by atoms with van der Waals surface area (Å²) in [5.41, 5.74) is -2.13. The lowest BCUT2D eigenvalue weighted by atomic mass is 10.1. The number of ether oxygens (including phenoxy) is 2. The standard InChI is InChI=1S/C12H14FNO6/c1-7-4-10(8(13)5-9(7)14(17)18)20-6-12(2,16)11(15)19-3/h4-5,16H,6H2,1-3H3. The van der Waals surface area contributed by atoms with Crippen LogP contribution in [0.15, 0.2) is 12.1 Å². The Bertz CT molecular complexity index is 543. The van der Waals surface area contributed by atoms with Gasteiger partial charge < -0.3 is 14.6 Å². The predicted molar refractivity (Wildman–Crippen MR) is 65.9 cm³/mol. The number of halogens is 1. The molecule has 0 saturated carbocycles. The van der Waals surface area contributed by atoms with Crippen LogP contribution in [-0.2, 0) is 9.53 Å². The molecule has 110 valence electrons. The number of aryl methyl sites for hydroxylation is 1. The van der Waals surface area contributed by atoms with Crippen molar-refractivity contribution >= 4 is 11.7 Å². The van der Waals surface area contributed by atoms with E-state index in [1.165, 1.54) is 6.92 Å². The van der Waals surface area contributed by atoms with Gasteiger partial charge in [-0.25, -0.2) is 9.18 Å². The molecule has 1 atom stereocenters.